The van der Waals surface area contributed by atoms with E-state index in [9.17, 15) is 18.4 Å². The largest absolute Gasteiger partial charge is 0.482 e. The summed E-state index contributed by atoms with van der Waals surface area (Å²) in [6.07, 6.45) is 2.37. The van der Waals surface area contributed by atoms with Crippen molar-refractivity contribution in [3.8, 4) is 5.75 Å². The highest BCUT2D eigenvalue weighted by molar-refractivity contribution is 5.95. The Balaban J connectivity index is 1.55. The number of fused-ring (bicyclic) bond motifs is 2. The van der Waals surface area contributed by atoms with Gasteiger partial charge in [0.25, 0.3) is 0 Å². The molecule has 1 amide bonds. The van der Waals surface area contributed by atoms with Gasteiger partial charge in [0.15, 0.2) is 11.2 Å². The molecule has 0 bridgehead atoms. The maximum atomic E-state index is 14.6. The highest BCUT2D eigenvalue weighted by Gasteiger charge is 2.42. The first-order chi connectivity index (χ1) is 17.9. The fourth-order valence-corrected chi connectivity index (χ4v) is 4.22. The smallest absolute Gasteiger partial charge is 0.407 e. The Hall–Kier alpha value is -3.96. The van der Waals surface area contributed by atoms with E-state index in [0.29, 0.717) is 28.3 Å². The minimum absolute atomic E-state index is 0.0645. The third-order valence-electron chi connectivity index (χ3n) is 5.88. The van der Waals surface area contributed by atoms with Gasteiger partial charge in [0, 0.05) is 23.7 Å². The van der Waals surface area contributed by atoms with Crippen LogP contribution < -0.4 is 15.4 Å². The molecule has 1 aliphatic rings. The van der Waals surface area contributed by atoms with Gasteiger partial charge in [0.2, 0.25) is 0 Å². The molecule has 0 radical (unpaired) electrons. The number of alkyl halides is 1. The van der Waals surface area contributed by atoms with E-state index in [1.165, 1.54) is 22.8 Å². The first-order valence-electron chi connectivity index (χ1n) is 12.3. The molecule has 204 valence electrons. The molecule has 1 aromatic carbocycles. The van der Waals surface area contributed by atoms with Crippen LogP contribution in [0, 0.1) is 5.82 Å². The van der Waals surface area contributed by atoms with Crippen LogP contribution in [0.4, 0.5) is 19.4 Å². The minimum atomic E-state index is -1.40. The first kappa shape index (κ1) is 27.1. The van der Waals surface area contributed by atoms with E-state index in [0.717, 1.165) is 0 Å². The number of esters is 1. The summed E-state index contributed by atoms with van der Waals surface area (Å²) in [7, 11) is 0. The van der Waals surface area contributed by atoms with Gasteiger partial charge in [0.1, 0.15) is 35.2 Å². The summed E-state index contributed by atoms with van der Waals surface area (Å²) in [5.41, 5.74) is -0.663. The number of carbonyl (C=O) groups excluding carboxylic acids is 2. The molecule has 0 fully saturated rings. The highest BCUT2D eigenvalue weighted by atomic mass is 19.1. The maximum absolute atomic E-state index is 14.6. The Morgan fingerprint density at radius 1 is 1.32 bits per heavy atom. The Morgan fingerprint density at radius 2 is 2.08 bits per heavy atom. The van der Waals surface area contributed by atoms with E-state index >= 15 is 0 Å². The zero-order chi connectivity index (χ0) is 27.7. The minimum Gasteiger partial charge on any atom is -0.482 e. The van der Waals surface area contributed by atoms with Crippen LogP contribution in [0.25, 0.3) is 5.65 Å². The zero-order valence-corrected chi connectivity index (χ0v) is 21.9. The quantitative estimate of drug-likeness (QED) is 0.412. The Morgan fingerprint density at radius 3 is 2.76 bits per heavy atom. The van der Waals surface area contributed by atoms with Crippen molar-refractivity contribution in [1.82, 2.24) is 19.9 Å². The molecule has 38 heavy (non-hydrogen) atoms. The van der Waals surface area contributed by atoms with Gasteiger partial charge in [-0.05, 0) is 52.8 Å². The van der Waals surface area contributed by atoms with Gasteiger partial charge in [-0.15, -0.1) is 0 Å². The molecule has 0 saturated heterocycles. The van der Waals surface area contributed by atoms with Crippen LogP contribution in [0.2, 0.25) is 0 Å². The van der Waals surface area contributed by atoms with Crippen LogP contribution in [0.5, 0.6) is 5.75 Å². The molecule has 2 N–H and O–H groups in total. The Labute approximate surface area is 218 Å². The predicted molar refractivity (Wildman–Crippen MR) is 135 cm³/mol. The van der Waals surface area contributed by atoms with E-state index in [-0.39, 0.29) is 25.1 Å². The van der Waals surface area contributed by atoms with E-state index < -0.39 is 41.8 Å². The third-order valence-corrected chi connectivity index (χ3v) is 5.88. The van der Waals surface area contributed by atoms with Crippen molar-refractivity contribution in [2.75, 3.05) is 25.1 Å². The number of hydrogen-bond acceptors (Lipinski definition) is 8. The van der Waals surface area contributed by atoms with Crippen molar-refractivity contribution in [1.29, 1.82) is 0 Å². The molecule has 2 atom stereocenters. The molecule has 2 aromatic heterocycles. The lowest BCUT2D eigenvalue weighted by atomic mass is 9.96. The number of benzene rings is 1. The molecule has 3 heterocycles. The standard InChI is InChI=1S/C26H31F2N5O5/c1-6-36-23(34)19-12-30-33-8-7-20(32-22(19)33)31-15(2)18-10-17(28)9-16-11-26(13-27,37-21(16)18)14-29-24(35)38-25(3,4)5/h7-10,12,15H,6,11,13-14H2,1-5H3,(H,29,35)(H,31,32)/t15-,26?/m1/s1. The van der Waals surface area contributed by atoms with E-state index in [1.54, 1.807) is 46.9 Å². The molecule has 12 heteroatoms. The second kappa shape index (κ2) is 10.4. The Bertz CT molecular complexity index is 1360. The van der Waals surface area contributed by atoms with Crippen molar-refractivity contribution in [3.63, 3.8) is 0 Å². The lowest BCUT2D eigenvalue weighted by Gasteiger charge is -2.28. The second-order valence-electron chi connectivity index (χ2n) is 10.2. The molecule has 0 spiro atoms. The zero-order valence-electron chi connectivity index (χ0n) is 21.9. The molecule has 0 saturated carbocycles. The molecule has 3 aromatic rings. The summed E-state index contributed by atoms with van der Waals surface area (Å²) in [6, 6.07) is 3.76. The van der Waals surface area contributed by atoms with Crippen LogP contribution in [-0.2, 0) is 15.9 Å². The summed E-state index contributed by atoms with van der Waals surface area (Å²) in [6.45, 7) is 7.80. The maximum Gasteiger partial charge on any atom is 0.407 e. The molecule has 4 rings (SSSR count). The van der Waals surface area contributed by atoms with Crippen molar-refractivity contribution >= 4 is 23.5 Å². The highest BCUT2D eigenvalue weighted by Crippen LogP contribution is 2.42. The van der Waals surface area contributed by atoms with Crippen LogP contribution in [0.15, 0.2) is 30.6 Å². The number of anilines is 1. The van der Waals surface area contributed by atoms with Gasteiger partial charge in [-0.1, -0.05) is 0 Å². The van der Waals surface area contributed by atoms with Gasteiger partial charge >= 0.3 is 12.1 Å². The molecule has 0 aliphatic carbocycles. The van der Waals surface area contributed by atoms with E-state index in [4.69, 9.17) is 14.2 Å². The van der Waals surface area contributed by atoms with Crippen molar-refractivity contribution in [2.45, 2.75) is 58.3 Å². The third kappa shape index (κ3) is 5.79. The number of nitrogens with one attached hydrogen (secondary N) is 2. The Kier molecular flexibility index (Phi) is 7.43. The predicted octanol–water partition coefficient (Wildman–Crippen LogP) is 4.39. The van der Waals surface area contributed by atoms with Gasteiger partial charge in [0.05, 0.1) is 25.4 Å². The van der Waals surface area contributed by atoms with Crippen molar-refractivity contribution in [3.05, 3.63) is 53.1 Å². The van der Waals surface area contributed by atoms with Gasteiger partial charge in [-0.25, -0.2) is 27.9 Å². The molecular weight excluding hydrogens is 500 g/mol. The summed E-state index contributed by atoms with van der Waals surface area (Å²) in [5, 5.41) is 9.85. The summed E-state index contributed by atoms with van der Waals surface area (Å²) in [5.74, 6) is -0.309. The second-order valence-corrected chi connectivity index (χ2v) is 10.2. The van der Waals surface area contributed by atoms with Gasteiger partial charge < -0.3 is 24.8 Å². The lowest BCUT2D eigenvalue weighted by Crippen LogP contribution is -2.49. The average Bonchev–Trinajstić information content (AvgIpc) is 3.43. The molecule has 1 aliphatic heterocycles. The SMILES string of the molecule is CCOC(=O)c1cnn2ccc(N[C@H](C)c3cc(F)cc4c3OC(CF)(CNC(=O)OC(C)(C)C)C4)nc12. The molecular formula is C26H31F2N5O5. The van der Waals surface area contributed by atoms with Crippen LogP contribution >= 0.6 is 0 Å². The number of hydrogen-bond donors (Lipinski definition) is 2. The number of aromatic nitrogens is 3. The number of ether oxygens (including phenoxy) is 3. The van der Waals surface area contributed by atoms with Crippen LogP contribution in [0.3, 0.4) is 0 Å². The van der Waals surface area contributed by atoms with Crippen molar-refractivity contribution in [2.24, 2.45) is 0 Å². The summed E-state index contributed by atoms with van der Waals surface area (Å²) in [4.78, 5) is 28.8. The normalized spacial score (nSPS) is 17.4. The van der Waals surface area contributed by atoms with Crippen LogP contribution in [-0.4, -0.2) is 57.7 Å². The number of rotatable bonds is 8. The van der Waals surface area contributed by atoms with Crippen molar-refractivity contribution < 1.29 is 32.6 Å². The van der Waals surface area contributed by atoms with Crippen LogP contribution in [0.1, 0.15) is 62.1 Å². The van der Waals surface area contributed by atoms with E-state index in [2.05, 4.69) is 20.7 Å². The number of carbonyl (C=O) groups is 2. The average molecular weight is 532 g/mol. The summed E-state index contributed by atoms with van der Waals surface area (Å²) >= 11 is 0. The fourth-order valence-electron chi connectivity index (χ4n) is 4.22. The molecule has 10 nitrogen and oxygen atoms in total. The number of alkyl carbamates (subject to hydrolysis) is 1. The van der Waals surface area contributed by atoms with E-state index in [1.807, 2.05) is 0 Å². The fraction of sp³-hybridized carbons (Fsp3) is 0.462. The summed E-state index contributed by atoms with van der Waals surface area (Å²) < 4.78 is 46.7. The van der Waals surface area contributed by atoms with Gasteiger partial charge in [-0.2, -0.15) is 5.10 Å². The topological polar surface area (TPSA) is 116 Å². The van der Waals surface area contributed by atoms with Gasteiger partial charge in [-0.3, -0.25) is 0 Å². The molecule has 1 unspecified atom stereocenters. The lowest BCUT2D eigenvalue weighted by molar-refractivity contribution is 0.0352. The first-order valence-corrected chi connectivity index (χ1v) is 12.3. The number of halogens is 2. The number of nitrogens with zero attached hydrogens (tertiary/aromatic N) is 3. The monoisotopic (exact) mass is 531 g/mol. The number of amides is 1.